The summed E-state index contributed by atoms with van der Waals surface area (Å²) in [6, 6.07) is 4.21. The number of aryl methyl sites for hydroxylation is 1. The molecule has 1 aromatic heterocycles. The van der Waals surface area contributed by atoms with Gasteiger partial charge in [0.15, 0.2) is 0 Å². The lowest BCUT2D eigenvalue weighted by Gasteiger charge is -2.12. The first-order valence-corrected chi connectivity index (χ1v) is 8.34. The lowest BCUT2D eigenvalue weighted by Crippen LogP contribution is -2.27. The Bertz CT molecular complexity index is 809. The van der Waals surface area contributed by atoms with Gasteiger partial charge in [0.25, 0.3) is 0 Å². The van der Waals surface area contributed by atoms with E-state index in [1.54, 1.807) is 13.0 Å². The highest BCUT2D eigenvalue weighted by molar-refractivity contribution is 7.89. The summed E-state index contributed by atoms with van der Waals surface area (Å²) in [5.74, 6) is -0.750. The molecule has 110 valence electrons. The highest BCUT2D eigenvalue weighted by atomic mass is 32.2. The third kappa shape index (κ3) is 3.44. The summed E-state index contributed by atoms with van der Waals surface area (Å²) in [7, 11) is -3.85. The van der Waals surface area contributed by atoms with Crippen LogP contribution in [0.1, 0.15) is 29.2 Å². The van der Waals surface area contributed by atoms with Gasteiger partial charge in [-0.25, -0.2) is 22.5 Å². The molecule has 1 unspecified atom stereocenters. The van der Waals surface area contributed by atoms with Gasteiger partial charge < -0.3 is 0 Å². The molecule has 0 amide bonds. The molecular weight excluding hydrogens is 313 g/mol. The van der Waals surface area contributed by atoms with Crippen molar-refractivity contribution in [1.29, 1.82) is 5.26 Å². The van der Waals surface area contributed by atoms with Gasteiger partial charge in [-0.05, 0) is 32.0 Å². The number of rotatable bonds is 4. The average molecular weight is 325 g/mol. The van der Waals surface area contributed by atoms with Crippen molar-refractivity contribution in [2.75, 3.05) is 0 Å². The van der Waals surface area contributed by atoms with Gasteiger partial charge in [-0.15, -0.1) is 11.3 Å². The minimum absolute atomic E-state index is 0.152. The first-order valence-electron chi connectivity index (χ1n) is 5.97. The maximum atomic E-state index is 13.2. The molecular formula is C13H12FN3O2S2. The van der Waals surface area contributed by atoms with E-state index in [0.717, 1.165) is 23.9 Å². The Morgan fingerprint density at radius 2 is 2.19 bits per heavy atom. The van der Waals surface area contributed by atoms with Crippen molar-refractivity contribution in [2.45, 2.75) is 24.8 Å². The molecule has 0 bridgehead atoms. The lowest BCUT2D eigenvalue weighted by atomic mass is 10.2. The van der Waals surface area contributed by atoms with Crippen LogP contribution < -0.4 is 4.72 Å². The van der Waals surface area contributed by atoms with Gasteiger partial charge in [-0.1, -0.05) is 0 Å². The van der Waals surface area contributed by atoms with Crippen molar-refractivity contribution in [3.05, 3.63) is 45.7 Å². The van der Waals surface area contributed by atoms with Crippen LogP contribution >= 0.6 is 11.3 Å². The molecule has 2 rings (SSSR count). The van der Waals surface area contributed by atoms with E-state index in [4.69, 9.17) is 5.26 Å². The van der Waals surface area contributed by atoms with E-state index in [2.05, 4.69) is 9.71 Å². The van der Waals surface area contributed by atoms with Gasteiger partial charge >= 0.3 is 0 Å². The summed E-state index contributed by atoms with van der Waals surface area (Å²) in [5.41, 5.74) is 0.505. The number of sulfonamides is 1. The predicted octanol–water partition coefficient (Wildman–Crippen LogP) is 2.50. The average Bonchev–Trinajstić information content (AvgIpc) is 2.85. The van der Waals surface area contributed by atoms with Crippen LogP contribution in [0.15, 0.2) is 28.5 Å². The molecule has 0 radical (unpaired) electrons. The van der Waals surface area contributed by atoms with Gasteiger partial charge in [0.05, 0.1) is 16.5 Å². The highest BCUT2D eigenvalue weighted by Crippen LogP contribution is 2.21. The van der Waals surface area contributed by atoms with Crippen molar-refractivity contribution >= 4 is 21.4 Å². The second kappa shape index (κ2) is 5.89. The molecule has 21 heavy (non-hydrogen) atoms. The van der Waals surface area contributed by atoms with Crippen molar-refractivity contribution in [3.8, 4) is 6.07 Å². The highest BCUT2D eigenvalue weighted by Gasteiger charge is 2.21. The summed E-state index contributed by atoms with van der Waals surface area (Å²) in [6.07, 6.45) is 0. The van der Waals surface area contributed by atoms with E-state index in [9.17, 15) is 12.8 Å². The second-order valence-corrected chi connectivity index (χ2v) is 7.03. The minimum Gasteiger partial charge on any atom is -0.245 e. The maximum Gasteiger partial charge on any atom is 0.241 e. The molecule has 8 heteroatoms. The molecule has 1 N–H and O–H groups in total. The zero-order chi connectivity index (χ0) is 15.6. The van der Waals surface area contributed by atoms with Gasteiger partial charge in [0.1, 0.15) is 16.9 Å². The SMILES string of the molecule is Cc1csc(C(C)NS(=O)(=O)c2ccc(F)c(C#N)c2)n1. The first kappa shape index (κ1) is 15.6. The molecule has 0 fully saturated rings. The number of hydrogen-bond acceptors (Lipinski definition) is 5. The quantitative estimate of drug-likeness (QED) is 0.936. The molecule has 0 saturated carbocycles. The molecule has 2 aromatic rings. The Kier molecular flexibility index (Phi) is 4.37. The fraction of sp³-hybridized carbons (Fsp3) is 0.231. The Hall–Kier alpha value is -1.82. The van der Waals surface area contributed by atoms with Gasteiger partial charge in [-0.3, -0.25) is 0 Å². The van der Waals surface area contributed by atoms with Crippen LogP contribution in [0.2, 0.25) is 0 Å². The Balaban J connectivity index is 2.28. The third-order valence-electron chi connectivity index (χ3n) is 2.71. The van der Waals surface area contributed by atoms with Crippen LogP contribution in [-0.4, -0.2) is 13.4 Å². The number of nitriles is 1. The van der Waals surface area contributed by atoms with Crippen LogP contribution in [-0.2, 0) is 10.0 Å². The normalized spacial score (nSPS) is 12.9. The van der Waals surface area contributed by atoms with E-state index in [1.807, 2.05) is 12.3 Å². The number of hydrogen-bond donors (Lipinski definition) is 1. The van der Waals surface area contributed by atoms with E-state index in [1.165, 1.54) is 11.3 Å². The molecule has 1 atom stereocenters. The third-order valence-corrected chi connectivity index (χ3v) is 5.39. The first-order chi connectivity index (χ1) is 9.83. The molecule has 0 aliphatic carbocycles. The summed E-state index contributed by atoms with van der Waals surface area (Å²) >= 11 is 1.35. The van der Waals surface area contributed by atoms with Crippen molar-refractivity contribution in [1.82, 2.24) is 9.71 Å². The van der Waals surface area contributed by atoms with Gasteiger partial charge in [0, 0.05) is 11.1 Å². The van der Waals surface area contributed by atoms with Crippen LogP contribution in [0.3, 0.4) is 0 Å². The lowest BCUT2D eigenvalue weighted by molar-refractivity contribution is 0.565. The fourth-order valence-electron chi connectivity index (χ4n) is 1.68. The number of nitrogens with one attached hydrogen (secondary N) is 1. The second-order valence-electron chi connectivity index (χ2n) is 4.42. The van der Waals surface area contributed by atoms with Crippen LogP contribution in [0.25, 0.3) is 0 Å². The monoisotopic (exact) mass is 325 g/mol. The van der Waals surface area contributed by atoms with Crippen molar-refractivity contribution < 1.29 is 12.8 Å². The molecule has 1 heterocycles. The van der Waals surface area contributed by atoms with Crippen LogP contribution in [0.4, 0.5) is 4.39 Å². The molecule has 1 aromatic carbocycles. The van der Waals surface area contributed by atoms with Gasteiger partial charge in [0.2, 0.25) is 10.0 Å². The van der Waals surface area contributed by atoms with Crippen molar-refractivity contribution in [3.63, 3.8) is 0 Å². The van der Waals surface area contributed by atoms with E-state index >= 15 is 0 Å². The minimum atomic E-state index is -3.85. The van der Waals surface area contributed by atoms with E-state index in [-0.39, 0.29) is 10.5 Å². The zero-order valence-corrected chi connectivity index (χ0v) is 12.9. The summed E-state index contributed by atoms with van der Waals surface area (Å²) < 4.78 is 40.2. The topological polar surface area (TPSA) is 82.9 Å². The molecule has 0 aliphatic rings. The zero-order valence-electron chi connectivity index (χ0n) is 11.3. The van der Waals surface area contributed by atoms with Crippen LogP contribution in [0.5, 0.6) is 0 Å². The predicted molar refractivity (Wildman–Crippen MR) is 76.7 cm³/mol. The van der Waals surface area contributed by atoms with E-state index in [0.29, 0.717) is 5.01 Å². The largest absolute Gasteiger partial charge is 0.245 e. The van der Waals surface area contributed by atoms with Crippen LogP contribution in [0, 0.1) is 24.1 Å². The fourth-order valence-corrected chi connectivity index (χ4v) is 3.79. The summed E-state index contributed by atoms with van der Waals surface area (Å²) in [6.45, 7) is 3.49. The summed E-state index contributed by atoms with van der Waals surface area (Å²) in [5, 5.41) is 11.2. The Morgan fingerprint density at radius 1 is 1.48 bits per heavy atom. The molecule has 5 nitrogen and oxygen atoms in total. The number of thiazole rings is 1. The molecule has 0 aliphatic heterocycles. The Morgan fingerprint density at radius 3 is 2.76 bits per heavy atom. The number of benzene rings is 1. The summed E-state index contributed by atoms with van der Waals surface area (Å²) in [4.78, 5) is 4.06. The Labute approximate surface area is 126 Å². The number of nitrogens with zero attached hydrogens (tertiary/aromatic N) is 2. The molecule has 0 saturated heterocycles. The molecule has 0 spiro atoms. The standard InChI is InChI=1S/C13H12FN3O2S2/c1-8-7-20-13(16-8)9(2)17-21(18,19)11-3-4-12(14)10(5-11)6-15/h3-5,7,9,17H,1-2H3. The number of halogens is 1. The van der Waals surface area contributed by atoms with E-state index < -0.39 is 21.9 Å². The van der Waals surface area contributed by atoms with Crippen molar-refractivity contribution in [2.24, 2.45) is 0 Å². The smallest absolute Gasteiger partial charge is 0.241 e. The number of aromatic nitrogens is 1. The van der Waals surface area contributed by atoms with Gasteiger partial charge in [-0.2, -0.15) is 5.26 Å². The maximum absolute atomic E-state index is 13.2.